The molecule has 0 spiro atoms. The molecule has 0 aromatic heterocycles. The van der Waals surface area contributed by atoms with Crippen LogP contribution in [0.3, 0.4) is 0 Å². The second kappa shape index (κ2) is 8.75. The summed E-state index contributed by atoms with van der Waals surface area (Å²) in [5.41, 5.74) is 1.56. The first kappa shape index (κ1) is 18.3. The van der Waals surface area contributed by atoms with Gasteiger partial charge in [0.2, 0.25) is 5.91 Å². The van der Waals surface area contributed by atoms with Gasteiger partial charge in [0.15, 0.2) is 5.75 Å². The third-order valence-corrected chi connectivity index (χ3v) is 4.00. The Morgan fingerprint density at radius 3 is 2.56 bits per heavy atom. The molecule has 0 aliphatic heterocycles. The van der Waals surface area contributed by atoms with E-state index >= 15 is 0 Å². The highest BCUT2D eigenvalue weighted by Crippen LogP contribution is 2.29. The van der Waals surface area contributed by atoms with E-state index in [4.69, 9.17) is 21.6 Å². The van der Waals surface area contributed by atoms with E-state index < -0.39 is 0 Å². The fourth-order valence-electron chi connectivity index (χ4n) is 2.37. The van der Waals surface area contributed by atoms with Crippen LogP contribution in [0.25, 0.3) is 0 Å². The lowest BCUT2D eigenvalue weighted by molar-refractivity contribution is -0.114. The Morgan fingerprint density at radius 2 is 1.78 bits per heavy atom. The number of rotatable bonds is 6. The van der Waals surface area contributed by atoms with Crippen LogP contribution in [0.1, 0.15) is 5.56 Å². The summed E-state index contributed by atoms with van der Waals surface area (Å²) in [6.07, 6.45) is 0. The van der Waals surface area contributed by atoms with Gasteiger partial charge in [0.25, 0.3) is 0 Å². The molecule has 3 rings (SSSR count). The monoisotopic (exact) mass is 377 g/mol. The molecule has 0 saturated carbocycles. The van der Waals surface area contributed by atoms with E-state index in [1.165, 1.54) is 0 Å². The summed E-state index contributed by atoms with van der Waals surface area (Å²) >= 11 is 5.91. The Labute approximate surface area is 162 Å². The lowest BCUT2D eigenvalue weighted by Gasteiger charge is -2.13. The van der Waals surface area contributed by atoms with E-state index in [0.717, 1.165) is 0 Å². The number of carbonyl (C=O) groups excluding carboxylic acids is 1. The molecule has 0 aliphatic rings. The lowest BCUT2D eigenvalue weighted by Crippen LogP contribution is -2.22. The normalized spacial score (nSPS) is 9.93. The Bertz CT molecular complexity index is 984. The lowest BCUT2D eigenvalue weighted by atomic mass is 10.2. The van der Waals surface area contributed by atoms with E-state index in [2.05, 4.69) is 10.6 Å². The molecule has 6 heteroatoms. The van der Waals surface area contributed by atoms with Crippen molar-refractivity contribution in [2.75, 3.05) is 17.2 Å². The quantitative estimate of drug-likeness (QED) is 0.630. The molecule has 1 amide bonds. The predicted octanol–water partition coefficient (Wildman–Crippen LogP) is 5.05. The van der Waals surface area contributed by atoms with Gasteiger partial charge in [0.1, 0.15) is 11.8 Å². The summed E-state index contributed by atoms with van der Waals surface area (Å²) in [6, 6.07) is 23.5. The van der Waals surface area contributed by atoms with Gasteiger partial charge in [0, 0.05) is 5.69 Å². The molecular formula is C21H16ClN3O2. The number of halogens is 1. The van der Waals surface area contributed by atoms with Gasteiger partial charge in [-0.15, -0.1) is 0 Å². The van der Waals surface area contributed by atoms with Gasteiger partial charge in [0.05, 0.1) is 22.8 Å². The molecule has 0 radical (unpaired) electrons. The summed E-state index contributed by atoms with van der Waals surface area (Å²) in [5, 5.41) is 15.2. The maximum atomic E-state index is 12.3. The van der Waals surface area contributed by atoms with Crippen molar-refractivity contribution >= 4 is 28.9 Å². The number of nitrogens with zero attached hydrogens (tertiary/aromatic N) is 1. The first-order valence-corrected chi connectivity index (χ1v) is 8.59. The smallest absolute Gasteiger partial charge is 0.243 e. The van der Waals surface area contributed by atoms with Crippen LogP contribution < -0.4 is 15.4 Å². The van der Waals surface area contributed by atoms with Crippen molar-refractivity contribution in [1.82, 2.24) is 0 Å². The van der Waals surface area contributed by atoms with Crippen molar-refractivity contribution in [3.05, 3.63) is 83.4 Å². The van der Waals surface area contributed by atoms with Crippen LogP contribution in [-0.2, 0) is 4.79 Å². The van der Waals surface area contributed by atoms with Crippen LogP contribution in [0, 0.1) is 11.3 Å². The molecule has 0 heterocycles. The fraction of sp³-hybridized carbons (Fsp3) is 0.0476. The molecule has 0 saturated heterocycles. The highest BCUT2D eigenvalue weighted by atomic mass is 35.5. The Kier molecular flexibility index (Phi) is 5.93. The molecule has 3 aromatic rings. The summed E-state index contributed by atoms with van der Waals surface area (Å²) in [4.78, 5) is 12.3. The number of nitrogens with one attached hydrogen (secondary N) is 2. The van der Waals surface area contributed by atoms with E-state index in [0.29, 0.717) is 33.5 Å². The van der Waals surface area contributed by atoms with Crippen LogP contribution in [0.5, 0.6) is 11.5 Å². The third kappa shape index (κ3) is 5.00. The van der Waals surface area contributed by atoms with Gasteiger partial charge in [-0.3, -0.25) is 4.79 Å². The predicted molar refractivity (Wildman–Crippen MR) is 106 cm³/mol. The van der Waals surface area contributed by atoms with Gasteiger partial charge in [-0.2, -0.15) is 5.26 Å². The van der Waals surface area contributed by atoms with Crippen LogP contribution in [0.2, 0.25) is 5.02 Å². The highest BCUT2D eigenvalue weighted by Gasteiger charge is 2.09. The maximum absolute atomic E-state index is 12.3. The topological polar surface area (TPSA) is 74.2 Å². The zero-order chi connectivity index (χ0) is 19.1. The first-order chi connectivity index (χ1) is 13.2. The Morgan fingerprint density at radius 1 is 1.04 bits per heavy atom. The molecule has 0 unspecified atom stereocenters. The molecular weight excluding hydrogens is 362 g/mol. The maximum Gasteiger partial charge on any atom is 0.243 e. The van der Waals surface area contributed by atoms with Crippen molar-refractivity contribution < 1.29 is 9.53 Å². The number of benzene rings is 3. The average molecular weight is 378 g/mol. The molecule has 27 heavy (non-hydrogen) atoms. The van der Waals surface area contributed by atoms with Crippen LogP contribution in [0.4, 0.5) is 11.4 Å². The summed E-state index contributed by atoms with van der Waals surface area (Å²) < 4.78 is 5.83. The number of ether oxygens (including phenoxy) is 1. The second-order valence-corrected chi connectivity index (χ2v) is 6.03. The summed E-state index contributed by atoms with van der Waals surface area (Å²) in [5.74, 6) is 0.991. The van der Waals surface area contributed by atoms with Gasteiger partial charge in [-0.25, -0.2) is 0 Å². The largest absolute Gasteiger partial charge is 0.455 e. The van der Waals surface area contributed by atoms with Gasteiger partial charge >= 0.3 is 0 Å². The number of nitriles is 1. The molecule has 0 atom stereocenters. The Hall–Kier alpha value is -3.49. The van der Waals surface area contributed by atoms with Crippen LogP contribution >= 0.6 is 11.6 Å². The van der Waals surface area contributed by atoms with Crippen molar-refractivity contribution in [3.63, 3.8) is 0 Å². The number of anilines is 2. The van der Waals surface area contributed by atoms with E-state index in [1.807, 2.05) is 48.5 Å². The molecule has 134 valence electrons. The minimum absolute atomic E-state index is 0.0339. The van der Waals surface area contributed by atoms with Crippen molar-refractivity contribution in [2.24, 2.45) is 0 Å². The first-order valence-electron chi connectivity index (χ1n) is 8.21. The van der Waals surface area contributed by atoms with E-state index in [9.17, 15) is 4.79 Å². The fourth-order valence-corrected chi connectivity index (χ4v) is 2.53. The van der Waals surface area contributed by atoms with Crippen molar-refractivity contribution in [1.29, 1.82) is 5.26 Å². The third-order valence-electron chi connectivity index (χ3n) is 3.67. The summed E-state index contributed by atoms with van der Waals surface area (Å²) in [7, 11) is 0. The van der Waals surface area contributed by atoms with Crippen molar-refractivity contribution in [2.45, 2.75) is 0 Å². The van der Waals surface area contributed by atoms with Gasteiger partial charge in [-0.05, 0) is 42.5 Å². The minimum atomic E-state index is -0.243. The highest BCUT2D eigenvalue weighted by molar-refractivity contribution is 6.31. The number of hydrogen-bond acceptors (Lipinski definition) is 4. The van der Waals surface area contributed by atoms with Gasteiger partial charge < -0.3 is 15.4 Å². The molecule has 3 aromatic carbocycles. The number of carbonyl (C=O) groups is 1. The van der Waals surface area contributed by atoms with Crippen LogP contribution in [0.15, 0.2) is 72.8 Å². The SMILES string of the molecule is N#Cc1cc(NCC(=O)Nc2ccccc2Oc2ccccc2)ccc1Cl. The van der Waals surface area contributed by atoms with Gasteiger partial charge in [-0.1, -0.05) is 41.9 Å². The standard InChI is InChI=1S/C21H16ClN3O2/c22-18-11-10-16(12-15(18)13-23)24-14-21(26)25-19-8-4-5-9-20(19)27-17-6-2-1-3-7-17/h1-12,24H,14H2,(H,25,26). The van der Waals surface area contributed by atoms with E-state index in [-0.39, 0.29) is 12.5 Å². The van der Waals surface area contributed by atoms with Crippen LogP contribution in [-0.4, -0.2) is 12.5 Å². The zero-order valence-electron chi connectivity index (χ0n) is 14.3. The number of amides is 1. The molecule has 2 N–H and O–H groups in total. The number of para-hydroxylation sites is 3. The Balaban J connectivity index is 1.64. The second-order valence-electron chi connectivity index (χ2n) is 5.62. The molecule has 0 bridgehead atoms. The van der Waals surface area contributed by atoms with E-state index in [1.54, 1.807) is 30.3 Å². The molecule has 0 fully saturated rings. The minimum Gasteiger partial charge on any atom is -0.455 e. The van der Waals surface area contributed by atoms with Crippen molar-refractivity contribution in [3.8, 4) is 17.6 Å². The number of hydrogen-bond donors (Lipinski definition) is 2. The zero-order valence-corrected chi connectivity index (χ0v) is 15.0. The summed E-state index contributed by atoms with van der Waals surface area (Å²) in [6.45, 7) is 0.0339. The molecule has 0 aliphatic carbocycles. The molecule has 5 nitrogen and oxygen atoms in total. The average Bonchev–Trinajstić information content (AvgIpc) is 2.69.